The van der Waals surface area contributed by atoms with E-state index in [0.29, 0.717) is 18.2 Å². The molecule has 0 unspecified atom stereocenters. The molecule has 0 spiro atoms. The number of aromatic nitrogens is 5. The molecule has 1 aromatic carbocycles. The van der Waals surface area contributed by atoms with Crippen molar-refractivity contribution in [1.82, 2.24) is 29.7 Å². The van der Waals surface area contributed by atoms with Crippen LogP contribution in [0.3, 0.4) is 0 Å². The Bertz CT molecular complexity index is 972. The topological polar surface area (TPSA) is 68.8 Å². The van der Waals surface area contributed by atoms with Crippen molar-refractivity contribution in [3.63, 3.8) is 0 Å². The lowest BCUT2D eigenvalue weighted by Gasteiger charge is -2.16. The normalized spacial score (nSPS) is 19.6. The van der Waals surface area contributed by atoms with Gasteiger partial charge in [0.05, 0.1) is 17.4 Å². The summed E-state index contributed by atoms with van der Waals surface area (Å²) in [5, 5.41) is 13.1. The third-order valence-corrected chi connectivity index (χ3v) is 5.52. The highest BCUT2D eigenvalue weighted by atomic mass is 16.2. The number of hydrogen-bond donors (Lipinski definition) is 0. The van der Waals surface area contributed by atoms with Gasteiger partial charge in [0.1, 0.15) is 5.69 Å². The van der Waals surface area contributed by atoms with Gasteiger partial charge in [-0.2, -0.15) is 5.10 Å². The molecule has 5 rings (SSSR count). The summed E-state index contributed by atoms with van der Waals surface area (Å²) in [6.07, 6.45) is 5.41. The molecule has 1 saturated carbocycles. The minimum atomic E-state index is 0.0252. The number of benzene rings is 1. The van der Waals surface area contributed by atoms with E-state index in [1.165, 1.54) is 12.8 Å². The molecule has 3 aromatic rings. The Morgan fingerprint density at radius 1 is 1.15 bits per heavy atom. The van der Waals surface area contributed by atoms with Crippen LogP contribution in [0.2, 0.25) is 0 Å². The zero-order valence-corrected chi connectivity index (χ0v) is 15.3. The van der Waals surface area contributed by atoms with E-state index in [9.17, 15) is 4.79 Å². The molecule has 1 saturated heterocycles. The van der Waals surface area contributed by atoms with E-state index in [4.69, 9.17) is 0 Å². The Labute approximate surface area is 157 Å². The lowest BCUT2D eigenvalue weighted by Crippen LogP contribution is -2.30. The summed E-state index contributed by atoms with van der Waals surface area (Å²) in [7, 11) is 1.83. The number of hydrogen-bond acceptors (Lipinski definition) is 4. The summed E-state index contributed by atoms with van der Waals surface area (Å²) in [6, 6.07) is 12.0. The number of likely N-dealkylation sites (tertiary alicyclic amines) is 1. The average molecular weight is 362 g/mol. The van der Waals surface area contributed by atoms with E-state index in [-0.39, 0.29) is 11.9 Å². The summed E-state index contributed by atoms with van der Waals surface area (Å²) >= 11 is 0. The second-order valence-electron chi connectivity index (χ2n) is 7.50. The van der Waals surface area contributed by atoms with Gasteiger partial charge in [0, 0.05) is 37.8 Å². The summed E-state index contributed by atoms with van der Waals surface area (Å²) < 4.78 is 3.62. The maximum atomic E-state index is 13.0. The Morgan fingerprint density at radius 3 is 2.74 bits per heavy atom. The molecule has 1 amide bonds. The van der Waals surface area contributed by atoms with Crippen LogP contribution in [0.5, 0.6) is 0 Å². The van der Waals surface area contributed by atoms with Gasteiger partial charge >= 0.3 is 0 Å². The molecule has 0 N–H and O–H groups in total. The van der Waals surface area contributed by atoms with Gasteiger partial charge < -0.3 is 4.90 Å². The molecular weight excluding hydrogens is 340 g/mol. The molecule has 0 radical (unpaired) electrons. The molecule has 138 valence electrons. The van der Waals surface area contributed by atoms with Crippen molar-refractivity contribution in [3.05, 3.63) is 54.0 Å². The number of carbonyl (C=O) groups is 1. The standard InChI is InChI=1S/C20H22N6O/c1-24-19(11-17(22-24)14-5-3-2-4-6-14)20(27)25-10-9-16(12-25)26-13-18(21-23-26)15-7-8-15/h2-6,11,13,15-16H,7-10,12H2,1H3/t16-/m0/s1. The highest BCUT2D eigenvalue weighted by Crippen LogP contribution is 2.39. The molecule has 0 bridgehead atoms. The van der Waals surface area contributed by atoms with Gasteiger partial charge in [0.15, 0.2) is 0 Å². The molecule has 1 aliphatic carbocycles. The predicted molar refractivity (Wildman–Crippen MR) is 100 cm³/mol. The maximum Gasteiger partial charge on any atom is 0.272 e. The van der Waals surface area contributed by atoms with Gasteiger partial charge in [-0.25, -0.2) is 4.68 Å². The zero-order chi connectivity index (χ0) is 18.4. The minimum Gasteiger partial charge on any atom is -0.335 e. The van der Waals surface area contributed by atoms with Crippen molar-refractivity contribution >= 4 is 5.91 Å². The molecule has 2 fully saturated rings. The van der Waals surface area contributed by atoms with Gasteiger partial charge in [0.25, 0.3) is 5.91 Å². The van der Waals surface area contributed by atoms with Crippen LogP contribution in [0.25, 0.3) is 11.3 Å². The van der Waals surface area contributed by atoms with Crippen molar-refractivity contribution in [1.29, 1.82) is 0 Å². The van der Waals surface area contributed by atoms with Crippen molar-refractivity contribution in [2.24, 2.45) is 7.05 Å². The number of amides is 1. The minimum absolute atomic E-state index is 0.0252. The lowest BCUT2D eigenvalue weighted by molar-refractivity contribution is 0.0776. The second-order valence-corrected chi connectivity index (χ2v) is 7.50. The first-order chi connectivity index (χ1) is 13.2. The maximum absolute atomic E-state index is 13.0. The molecule has 7 heteroatoms. The summed E-state index contributed by atoms with van der Waals surface area (Å²) in [5.41, 5.74) is 3.55. The fourth-order valence-corrected chi connectivity index (χ4v) is 3.76. The summed E-state index contributed by atoms with van der Waals surface area (Å²) in [4.78, 5) is 14.9. The van der Waals surface area contributed by atoms with Crippen LogP contribution < -0.4 is 0 Å². The Balaban J connectivity index is 1.32. The van der Waals surface area contributed by atoms with Gasteiger partial charge in [-0.15, -0.1) is 5.10 Å². The van der Waals surface area contributed by atoms with E-state index in [0.717, 1.165) is 29.9 Å². The summed E-state index contributed by atoms with van der Waals surface area (Å²) in [6.45, 7) is 1.39. The highest BCUT2D eigenvalue weighted by molar-refractivity contribution is 5.94. The Hall–Kier alpha value is -2.96. The first-order valence-electron chi connectivity index (χ1n) is 9.49. The fourth-order valence-electron chi connectivity index (χ4n) is 3.76. The molecule has 2 aromatic heterocycles. The van der Waals surface area contributed by atoms with Crippen LogP contribution in [0, 0.1) is 0 Å². The van der Waals surface area contributed by atoms with Crippen molar-refractivity contribution in [2.45, 2.75) is 31.2 Å². The monoisotopic (exact) mass is 362 g/mol. The summed E-state index contributed by atoms with van der Waals surface area (Å²) in [5.74, 6) is 0.626. The largest absolute Gasteiger partial charge is 0.335 e. The molecular formula is C20H22N6O. The number of aryl methyl sites for hydroxylation is 1. The zero-order valence-electron chi connectivity index (χ0n) is 15.3. The highest BCUT2D eigenvalue weighted by Gasteiger charge is 2.32. The van der Waals surface area contributed by atoms with Crippen LogP contribution in [0.4, 0.5) is 0 Å². The van der Waals surface area contributed by atoms with Gasteiger partial charge in [-0.05, 0) is 25.3 Å². The molecule has 3 heterocycles. The van der Waals surface area contributed by atoms with E-state index in [1.54, 1.807) is 4.68 Å². The Morgan fingerprint density at radius 2 is 1.96 bits per heavy atom. The fraction of sp³-hybridized carbons (Fsp3) is 0.400. The predicted octanol–water partition coefficient (Wildman–Crippen LogP) is 2.64. The molecule has 1 atom stereocenters. The van der Waals surface area contributed by atoms with Crippen molar-refractivity contribution in [2.75, 3.05) is 13.1 Å². The molecule has 1 aliphatic heterocycles. The third kappa shape index (κ3) is 3.03. The van der Waals surface area contributed by atoms with Crippen LogP contribution in [-0.4, -0.2) is 48.7 Å². The smallest absolute Gasteiger partial charge is 0.272 e. The van der Waals surface area contributed by atoms with Crippen molar-refractivity contribution < 1.29 is 4.79 Å². The van der Waals surface area contributed by atoms with E-state index < -0.39 is 0 Å². The van der Waals surface area contributed by atoms with Crippen LogP contribution in [-0.2, 0) is 7.05 Å². The van der Waals surface area contributed by atoms with Crippen LogP contribution in [0.1, 0.15) is 47.4 Å². The molecule has 7 nitrogen and oxygen atoms in total. The van der Waals surface area contributed by atoms with Crippen LogP contribution >= 0.6 is 0 Å². The Kier molecular flexibility index (Phi) is 3.81. The van der Waals surface area contributed by atoms with E-state index in [1.807, 2.05) is 53.0 Å². The molecule has 27 heavy (non-hydrogen) atoms. The first kappa shape index (κ1) is 16.2. The number of nitrogens with zero attached hydrogens (tertiary/aromatic N) is 6. The van der Waals surface area contributed by atoms with Gasteiger partial charge in [-0.1, -0.05) is 35.5 Å². The van der Waals surface area contributed by atoms with Crippen LogP contribution in [0.15, 0.2) is 42.6 Å². The first-order valence-corrected chi connectivity index (χ1v) is 9.49. The quantitative estimate of drug-likeness (QED) is 0.715. The second kappa shape index (κ2) is 6.33. The van der Waals surface area contributed by atoms with E-state index in [2.05, 4.69) is 21.6 Å². The van der Waals surface area contributed by atoms with Gasteiger partial charge in [-0.3, -0.25) is 9.48 Å². The number of rotatable bonds is 4. The molecule has 2 aliphatic rings. The SMILES string of the molecule is Cn1nc(-c2ccccc2)cc1C(=O)N1CC[C@H](n2cc(C3CC3)nn2)C1. The number of carbonyl (C=O) groups excluding carboxylic acids is 1. The average Bonchev–Trinajstić information content (AvgIpc) is 3.11. The van der Waals surface area contributed by atoms with Crippen molar-refractivity contribution in [3.8, 4) is 11.3 Å². The van der Waals surface area contributed by atoms with E-state index >= 15 is 0 Å². The lowest BCUT2D eigenvalue weighted by atomic mass is 10.1. The van der Waals surface area contributed by atoms with Gasteiger partial charge in [0.2, 0.25) is 0 Å². The third-order valence-electron chi connectivity index (χ3n) is 5.52.